The summed E-state index contributed by atoms with van der Waals surface area (Å²) in [4.78, 5) is 30.5. The predicted molar refractivity (Wildman–Crippen MR) is 93.9 cm³/mol. The first kappa shape index (κ1) is 16.5. The Morgan fingerprint density at radius 3 is 2.84 bits per heavy atom. The first-order valence-corrected chi connectivity index (χ1v) is 7.61. The van der Waals surface area contributed by atoms with Gasteiger partial charge in [0.05, 0.1) is 6.54 Å². The molecule has 0 saturated heterocycles. The van der Waals surface area contributed by atoms with Crippen LogP contribution in [0.15, 0.2) is 40.1 Å². The number of rotatable bonds is 4. The third kappa shape index (κ3) is 3.16. The van der Waals surface area contributed by atoms with Crippen LogP contribution in [0.3, 0.4) is 0 Å². The van der Waals surface area contributed by atoms with E-state index in [1.165, 1.54) is 11.2 Å². The van der Waals surface area contributed by atoms with Crippen LogP contribution in [-0.2, 0) is 4.79 Å². The van der Waals surface area contributed by atoms with Crippen molar-refractivity contribution in [2.24, 2.45) is 9.98 Å². The van der Waals surface area contributed by atoms with Crippen molar-refractivity contribution in [3.63, 3.8) is 0 Å². The lowest BCUT2D eigenvalue weighted by Crippen LogP contribution is -2.41. The summed E-state index contributed by atoms with van der Waals surface area (Å²) in [6, 6.07) is 3.76. The molecule has 0 unspecified atom stereocenters. The minimum Gasteiger partial charge on any atom is -0.358 e. The van der Waals surface area contributed by atoms with Crippen molar-refractivity contribution < 1.29 is 4.79 Å². The van der Waals surface area contributed by atoms with Crippen LogP contribution in [0.25, 0.3) is 11.5 Å². The van der Waals surface area contributed by atoms with Gasteiger partial charge in [0.15, 0.2) is 17.5 Å². The number of pyridine rings is 1. The number of hydrogen-bond acceptors (Lipinski definition) is 7. The summed E-state index contributed by atoms with van der Waals surface area (Å²) >= 11 is 0. The Morgan fingerprint density at radius 1 is 1.40 bits per heavy atom. The average molecular weight is 338 g/mol. The third-order valence-electron chi connectivity index (χ3n) is 3.88. The summed E-state index contributed by atoms with van der Waals surface area (Å²) in [5.74, 6) is 1.43. The molecule has 0 spiro atoms. The molecule has 3 rings (SSSR count). The number of hydrogen-bond donors (Lipinski definition) is 2. The van der Waals surface area contributed by atoms with Gasteiger partial charge in [-0.1, -0.05) is 0 Å². The zero-order chi connectivity index (χ0) is 18.0. The number of aromatic nitrogens is 4. The molecule has 0 bridgehead atoms. The summed E-state index contributed by atoms with van der Waals surface area (Å²) in [6.45, 7) is 7.45. The van der Waals surface area contributed by atoms with Crippen molar-refractivity contribution in [2.45, 2.75) is 13.8 Å². The minimum absolute atomic E-state index is 0.0885. The van der Waals surface area contributed by atoms with Crippen LogP contribution in [0, 0.1) is 6.92 Å². The molecule has 0 radical (unpaired) electrons. The number of likely N-dealkylation sites (N-methyl/N-ethyl adjacent to an activating group) is 1. The van der Waals surface area contributed by atoms with Crippen molar-refractivity contribution in [1.82, 2.24) is 30.4 Å². The largest absolute Gasteiger partial charge is 0.358 e. The van der Waals surface area contributed by atoms with Gasteiger partial charge in [-0.25, -0.2) is 20.0 Å². The van der Waals surface area contributed by atoms with Crippen LogP contribution < -0.4 is 5.32 Å². The van der Waals surface area contributed by atoms with E-state index < -0.39 is 0 Å². The van der Waals surface area contributed by atoms with Gasteiger partial charge in [0.1, 0.15) is 12.0 Å². The Kier molecular flexibility index (Phi) is 4.38. The van der Waals surface area contributed by atoms with E-state index in [1.54, 1.807) is 7.05 Å². The molecule has 25 heavy (non-hydrogen) atoms. The van der Waals surface area contributed by atoms with Gasteiger partial charge in [0, 0.05) is 24.0 Å². The third-order valence-corrected chi connectivity index (χ3v) is 3.88. The standard InChI is InChI=1S/C16H18N8O/c1-9-11(5-6-12(21-9)14-19-8-20-23-14)10(2)22-16-15(17-3)18-7-13(25)24(16)4/h5-6,8,18H,3,7H2,1-2,4H3,(H,19,20,23). The number of nitrogens with one attached hydrogen (secondary N) is 2. The summed E-state index contributed by atoms with van der Waals surface area (Å²) in [6.07, 6.45) is 1.44. The van der Waals surface area contributed by atoms with Gasteiger partial charge in [0.25, 0.3) is 0 Å². The lowest BCUT2D eigenvalue weighted by molar-refractivity contribution is -0.127. The highest BCUT2D eigenvalue weighted by molar-refractivity contribution is 6.00. The van der Waals surface area contributed by atoms with Crippen LogP contribution in [0.5, 0.6) is 0 Å². The summed E-state index contributed by atoms with van der Waals surface area (Å²) < 4.78 is 0. The Labute approximate surface area is 144 Å². The number of carbonyl (C=O) groups is 1. The number of H-pyrrole nitrogens is 1. The summed E-state index contributed by atoms with van der Waals surface area (Å²) in [7, 11) is 1.67. The molecule has 0 fully saturated rings. The Balaban J connectivity index is 1.98. The lowest BCUT2D eigenvalue weighted by Gasteiger charge is -2.25. The monoisotopic (exact) mass is 338 g/mol. The molecule has 2 aromatic heterocycles. The SMILES string of the molecule is C=NC1=C(N=C(C)c2ccc(-c3ncn[nH]3)nc2C)N(C)C(=O)CN1. The highest BCUT2D eigenvalue weighted by atomic mass is 16.2. The van der Waals surface area contributed by atoms with E-state index in [9.17, 15) is 4.79 Å². The van der Waals surface area contributed by atoms with Gasteiger partial charge < -0.3 is 5.32 Å². The second-order valence-corrected chi connectivity index (χ2v) is 5.50. The van der Waals surface area contributed by atoms with Crippen LogP contribution in [0.1, 0.15) is 18.2 Å². The Bertz CT molecular complexity index is 882. The molecule has 9 heteroatoms. The number of aryl methyl sites for hydroxylation is 1. The lowest BCUT2D eigenvalue weighted by atomic mass is 10.1. The highest BCUT2D eigenvalue weighted by Gasteiger charge is 2.23. The van der Waals surface area contributed by atoms with Crippen molar-refractivity contribution >= 4 is 18.3 Å². The van der Waals surface area contributed by atoms with E-state index in [4.69, 9.17) is 0 Å². The fourth-order valence-electron chi connectivity index (χ4n) is 2.51. The van der Waals surface area contributed by atoms with Crippen LogP contribution in [-0.4, -0.2) is 57.0 Å². The van der Waals surface area contributed by atoms with E-state index in [-0.39, 0.29) is 12.5 Å². The Morgan fingerprint density at radius 2 is 2.20 bits per heavy atom. The molecule has 3 heterocycles. The van der Waals surface area contributed by atoms with Crippen molar-refractivity contribution in [1.29, 1.82) is 0 Å². The van der Waals surface area contributed by atoms with E-state index in [1.807, 2.05) is 26.0 Å². The molecule has 2 aromatic rings. The van der Waals surface area contributed by atoms with Gasteiger partial charge in [-0.05, 0) is 32.7 Å². The zero-order valence-corrected chi connectivity index (χ0v) is 14.2. The van der Waals surface area contributed by atoms with Crippen molar-refractivity contribution in [3.8, 4) is 11.5 Å². The second-order valence-electron chi connectivity index (χ2n) is 5.50. The number of carbonyl (C=O) groups excluding carboxylic acids is 1. The number of aromatic amines is 1. The molecule has 1 aliphatic rings. The van der Waals surface area contributed by atoms with Gasteiger partial charge >= 0.3 is 0 Å². The quantitative estimate of drug-likeness (QED) is 0.804. The number of nitrogens with zero attached hydrogens (tertiary/aromatic N) is 6. The average Bonchev–Trinajstić information content (AvgIpc) is 3.13. The fraction of sp³-hybridized carbons (Fsp3) is 0.250. The molecule has 128 valence electrons. The molecule has 2 N–H and O–H groups in total. The minimum atomic E-state index is -0.0885. The normalized spacial score (nSPS) is 15.4. The van der Waals surface area contributed by atoms with Crippen molar-refractivity contribution in [2.75, 3.05) is 13.6 Å². The molecule has 1 amide bonds. The Hall–Kier alpha value is -3.36. The van der Waals surface area contributed by atoms with E-state index in [0.29, 0.717) is 28.9 Å². The summed E-state index contributed by atoms with van der Waals surface area (Å²) in [5.41, 5.74) is 3.08. The topological polar surface area (TPSA) is 112 Å². The maximum atomic E-state index is 11.9. The fourth-order valence-corrected chi connectivity index (χ4v) is 2.51. The molecule has 9 nitrogen and oxygen atoms in total. The first-order valence-electron chi connectivity index (χ1n) is 7.61. The second kappa shape index (κ2) is 6.63. The van der Waals surface area contributed by atoms with Gasteiger partial charge in [-0.15, -0.1) is 0 Å². The molecular formula is C16H18N8O. The van der Waals surface area contributed by atoms with E-state index in [0.717, 1.165) is 11.3 Å². The van der Waals surface area contributed by atoms with Gasteiger partial charge in [-0.3, -0.25) is 14.8 Å². The molecule has 0 aromatic carbocycles. The first-order chi connectivity index (χ1) is 12.0. The number of amides is 1. The molecular weight excluding hydrogens is 320 g/mol. The van der Waals surface area contributed by atoms with Crippen molar-refractivity contribution in [3.05, 3.63) is 41.4 Å². The van der Waals surface area contributed by atoms with E-state index >= 15 is 0 Å². The smallest absolute Gasteiger partial charge is 0.247 e. The summed E-state index contributed by atoms with van der Waals surface area (Å²) in [5, 5.41) is 9.53. The van der Waals surface area contributed by atoms with Gasteiger partial charge in [-0.2, -0.15) is 5.10 Å². The van der Waals surface area contributed by atoms with Crippen LogP contribution in [0.4, 0.5) is 0 Å². The van der Waals surface area contributed by atoms with Crippen LogP contribution in [0.2, 0.25) is 0 Å². The van der Waals surface area contributed by atoms with Gasteiger partial charge in [0.2, 0.25) is 5.91 Å². The number of aliphatic imine (C=N–C) groups is 2. The van der Waals surface area contributed by atoms with Crippen LogP contribution >= 0.6 is 0 Å². The maximum absolute atomic E-state index is 11.9. The predicted octanol–water partition coefficient (Wildman–Crippen LogP) is 0.873. The zero-order valence-electron chi connectivity index (χ0n) is 14.2. The highest BCUT2D eigenvalue weighted by Crippen LogP contribution is 2.19. The molecule has 0 atom stereocenters. The maximum Gasteiger partial charge on any atom is 0.247 e. The molecule has 0 aliphatic carbocycles. The molecule has 1 aliphatic heterocycles. The van der Waals surface area contributed by atoms with E-state index in [2.05, 4.69) is 42.2 Å². The molecule has 0 saturated carbocycles.